The van der Waals surface area contributed by atoms with Crippen molar-refractivity contribution in [2.45, 2.75) is 6.42 Å². The average molecular weight is 396 g/mol. The van der Waals surface area contributed by atoms with Gasteiger partial charge in [0.05, 0.1) is 24.1 Å². The topological polar surface area (TPSA) is 75.7 Å². The fraction of sp³-hybridized carbons (Fsp3) is 0.190. The van der Waals surface area contributed by atoms with E-state index in [-0.39, 0.29) is 11.7 Å². The van der Waals surface area contributed by atoms with Crippen molar-refractivity contribution in [1.29, 1.82) is 0 Å². The molecule has 0 bridgehead atoms. The highest BCUT2D eigenvalue weighted by Gasteiger charge is 2.28. The Balaban J connectivity index is 1.58. The van der Waals surface area contributed by atoms with E-state index in [1.54, 1.807) is 30.3 Å². The molecule has 0 saturated carbocycles. The summed E-state index contributed by atoms with van der Waals surface area (Å²) in [6.45, 7) is 0.488. The maximum absolute atomic E-state index is 12.8. The van der Waals surface area contributed by atoms with Crippen LogP contribution in [0.25, 0.3) is 10.8 Å². The zero-order valence-electron chi connectivity index (χ0n) is 15.4. The molecule has 0 spiro atoms. The number of ether oxygens (including phenoxy) is 1. The van der Waals surface area contributed by atoms with Crippen molar-refractivity contribution in [1.82, 2.24) is 0 Å². The lowest BCUT2D eigenvalue weighted by atomic mass is 10.1. The Bertz CT molecular complexity index is 1140. The molecule has 1 saturated heterocycles. The normalized spacial score (nSPS) is 15.5. The number of amides is 1. The first-order valence-corrected chi connectivity index (χ1v) is 10.6. The van der Waals surface area contributed by atoms with E-state index in [2.05, 4.69) is 5.32 Å². The van der Waals surface area contributed by atoms with Crippen LogP contribution in [-0.4, -0.2) is 33.7 Å². The molecule has 1 amide bonds. The molecule has 3 aromatic carbocycles. The number of nitrogens with zero attached hydrogens (tertiary/aromatic N) is 1. The van der Waals surface area contributed by atoms with E-state index >= 15 is 0 Å². The Morgan fingerprint density at radius 2 is 1.71 bits per heavy atom. The van der Waals surface area contributed by atoms with Crippen molar-refractivity contribution < 1.29 is 17.9 Å². The summed E-state index contributed by atoms with van der Waals surface area (Å²) < 4.78 is 30.9. The maximum atomic E-state index is 12.8. The van der Waals surface area contributed by atoms with Crippen LogP contribution in [0.5, 0.6) is 5.75 Å². The Labute approximate surface area is 163 Å². The molecule has 0 unspecified atom stereocenters. The number of hydrogen-bond acceptors (Lipinski definition) is 4. The number of carbonyl (C=O) groups excluding carboxylic acids is 1. The number of fused-ring (bicyclic) bond motifs is 1. The molecular weight excluding hydrogens is 376 g/mol. The molecule has 0 aliphatic carbocycles. The molecule has 28 heavy (non-hydrogen) atoms. The first kappa shape index (κ1) is 18.3. The first-order chi connectivity index (χ1) is 13.5. The van der Waals surface area contributed by atoms with Gasteiger partial charge < -0.3 is 10.1 Å². The van der Waals surface area contributed by atoms with Gasteiger partial charge in [-0.1, -0.05) is 24.3 Å². The van der Waals surface area contributed by atoms with E-state index in [0.29, 0.717) is 35.7 Å². The lowest BCUT2D eigenvalue weighted by Gasteiger charge is -2.17. The van der Waals surface area contributed by atoms with E-state index in [1.165, 1.54) is 11.4 Å². The quantitative estimate of drug-likeness (QED) is 0.731. The van der Waals surface area contributed by atoms with Crippen LogP contribution in [0.1, 0.15) is 16.8 Å². The van der Waals surface area contributed by atoms with Crippen LogP contribution >= 0.6 is 0 Å². The second kappa shape index (κ2) is 7.16. The van der Waals surface area contributed by atoms with Crippen LogP contribution in [0, 0.1) is 0 Å². The summed E-state index contributed by atoms with van der Waals surface area (Å²) in [5, 5.41) is 4.79. The summed E-state index contributed by atoms with van der Waals surface area (Å²) in [6, 6.07) is 18.2. The van der Waals surface area contributed by atoms with Gasteiger partial charge in [-0.15, -0.1) is 0 Å². The predicted octanol–water partition coefficient (Wildman–Crippen LogP) is 3.64. The molecule has 0 aromatic heterocycles. The average Bonchev–Trinajstić information content (AvgIpc) is 3.06. The van der Waals surface area contributed by atoms with E-state index in [0.717, 1.165) is 10.8 Å². The van der Waals surface area contributed by atoms with Gasteiger partial charge in [-0.2, -0.15) is 0 Å². The van der Waals surface area contributed by atoms with Crippen molar-refractivity contribution >= 4 is 38.1 Å². The monoisotopic (exact) mass is 396 g/mol. The van der Waals surface area contributed by atoms with E-state index in [4.69, 9.17) is 4.74 Å². The fourth-order valence-corrected chi connectivity index (χ4v) is 4.97. The van der Waals surface area contributed by atoms with Crippen LogP contribution in [0.3, 0.4) is 0 Å². The SMILES string of the molecule is COc1cc2ccccc2cc1C(=O)Nc1ccc(N2CCCS2(=O)=O)cc1. The zero-order valence-corrected chi connectivity index (χ0v) is 16.2. The standard InChI is InChI=1S/C21H20N2O4S/c1-27-20-14-16-6-3-2-5-15(16)13-19(20)21(24)22-17-7-9-18(10-8-17)23-11-4-12-28(23,25)26/h2-3,5-10,13-14H,4,11-12H2,1H3,(H,22,24). The number of sulfonamides is 1. The number of benzene rings is 3. The molecule has 1 fully saturated rings. The van der Waals surface area contributed by atoms with Crippen molar-refractivity contribution in [3.8, 4) is 5.75 Å². The minimum atomic E-state index is -3.22. The maximum Gasteiger partial charge on any atom is 0.259 e. The van der Waals surface area contributed by atoms with Crippen molar-refractivity contribution in [2.24, 2.45) is 0 Å². The number of carbonyl (C=O) groups is 1. The van der Waals surface area contributed by atoms with E-state index < -0.39 is 10.0 Å². The Hall–Kier alpha value is -3.06. The smallest absolute Gasteiger partial charge is 0.259 e. The van der Waals surface area contributed by atoms with E-state index in [9.17, 15) is 13.2 Å². The zero-order chi connectivity index (χ0) is 19.7. The molecule has 7 heteroatoms. The minimum absolute atomic E-state index is 0.174. The molecule has 4 rings (SSSR count). The second-order valence-electron chi connectivity index (χ2n) is 6.64. The van der Waals surface area contributed by atoms with Gasteiger partial charge in [-0.05, 0) is 53.6 Å². The van der Waals surface area contributed by atoms with Crippen molar-refractivity contribution in [3.63, 3.8) is 0 Å². The van der Waals surface area contributed by atoms with Gasteiger partial charge in [0.2, 0.25) is 10.0 Å². The highest BCUT2D eigenvalue weighted by molar-refractivity contribution is 7.93. The second-order valence-corrected chi connectivity index (χ2v) is 8.66. The molecule has 1 N–H and O–H groups in total. The molecule has 1 heterocycles. The summed E-state index contributed by atoms with van der Waals surface area (Å²) in [7, 11) is -1.69. The minimum Gasteiger partial charge on any atom is -0.496 e. The van der Waals surface area contributed by atoms with Crippen LogP contribution in [0.15, 0.2) is 60.7 Å². The molecule has 1 aliphatic heterocycles. The molecule has 144 valence electrons. The number of hydrogen-bond donors (Lipinski definition) is 1. The van der Waals surface area contributed by atoms with Gasteiger partial charge >= 0.3 is 0 Å². The third kappa shape index (κ3) is 3.41. The van der Waals surface area contributed by atoms with Crippen LogP contribution in [0.2, 0.25) is 0 Å². The van der Waals surface area contributed by atoms with Gasteiger partial charge in [0.15, 0.2) is 0 Å². The van der Waals surface area contributed by atoms with E-state index in [1.807, 2.05) is 30.3 Å². The summed E-state index contributed by atoms with van der Waals surface area (Å²) in [6.07, 6.45) is 0.628. The molecular formula is C21H20N2O4S. The van der Waals surface area contributed by atoms with Crippen LogP contribution in [0.4, 0.5) is 11.4 Å². The largest absolute Gasteiger partial charge is 0.496 e. The number of rotatable bonds is 4. The first-order valence-electron chi connectivity index (χ1n) is 8.96. The Morgan fingerprint density at radius 3 is 2.32 bits per heavy atom. The predicted molar refractivity (Wildman–Crippen MR) is 111 cm³/mol. The third-order valence-corrected chi connectivity index (χ3v) is 6.69. The highest BCUT2D eigenvalue weighted by atomic mass is 32.2. The number of anilines is 2. The molecule has 6 nitrogen and oxygen atoms in total. The van der Waals surface area contributed by atoms with Crippen LogP contribution < -0.4 is 14.4 Å². The number of methoxy groups -OCH3 is 1. The van der Waals surface area contributed by atoms with Crippen molar-refractivity contribution in [3.05, 3.63) is 66.2 Å². The highest BCUT2D eigenvalue weighted by Crippen LogP contribution is 2.28. The molecule has 0 atom stereocenters. The van der Waals surface area contributed by atoms with Gasteiger partial charge in [-0.25, -0.2) is 8.42 Å². The fourth-order valence-electron chi connectivity index (χ4n) is 3.40. The summed E-state index contributed by atoms with van der Waals surface area (Å²) in [5.41, 5.74) is 1.63. The third-order valence-electron chi connectivity index (χ3n) is 4.82. The lowest BCUT2D eigenvalue weighted by Crippen LogP contribution is -2.25. The Kier molecular flexibility index (Phi) is 4.68. The summed E-state index contributed by atoms with van der Waals surface area (Å²) in [4.78, 5) is 12.8. The molecule has 0 radical (unpaired) electrons. The summed E-state index contributed by atoms with van der Waals surface area (Å²) >= 11 is 0. The van der Waals surface area contributed by atoms with Gasteiger partial charge in [0.1, 0.15) is 5.75 Å². The summed E-state index contributed by atoms with van der Waals surface area (Å²) in [5.74, 6) is 0.382. The molecule has 3 aromatic rings. The Morgan fingerprint density at radius 1 is 1.04 bits per heavy atom. The van der Waals surface area contributed by atoms with Crippen LogP contribution in [-0.2, 0) is 10.0 Å². The molecule has 1 aliphatic rings. The lowest BCUT2D eigenvalue weighted by molar-refractivity contribution is 0.102. The number of nitrogens with one attached hydrogen (secondary N) is 1. The van der Waals surface area contributed by atoms with Crippen molar-refractivity contribution in [2.75, 3.05) is 29.0 Å². The van der Waals surface area contributed by atoms with Gasteiger partial charge in [0.25, 0.3) is 5.91 Å². The van der Waals surface area contributed by atoms with Gasteiger partial charge in [-0.3, -0.25) is 9.10 Å². The van der Waals surface area contributed by atoms with Gasteiger partial charge in [0, 0.05) is 12.2 Å².